The van der Waals surface area contributed by atoms with Crippen LogP contribution in [0.3, 0.4) is 0 Å². The molecule has 0 aliphatic carbocycles. The molecule has 0 saturated carbocycles. The first-order valence-corrected chi connectivity index (χ1v) is 14.2. The van der Waals surface area contributed by atoms with Gasteiger partial charge in [0.05, 0.1) is 16.6 Å². The summed E-state index contributed by atoms with van der Waals surface area (Å²) in [6.45, 7) is 6.69. The zero-order valence-electron chi connectivity index (χ0n) is 24.2. The van der Waals surface area contributed by atoms with E-state index in [9.17, 15) is 5.11 Å². The van der Waals surface area contributed by atoms with Crippen molar-refractivity contribution in [3.05, 3.63) is 133 Å². The Kier molecular flexibility index (Phi) is 7.50. The normalized spacial score (nSPS) is 11.5. The van der Waals surface area contributed by atoms with Crippen LogP contribution >= 0.6 is 0 Å². The topological polar surface area (TPSA) is 50.9 Å². The summed E-state index contributed by atoms with van der Waals surface area (Å²) in [5.41, 5.74) is 8.36. The first-order valence-electron chi connectivity index (χ1n) is 14.2. The number of hydrogen-bond acceptors (Lipinski definition) is 3. The minimum absolute atomic E-state index is 0. The maximum Gasteiger partial charge on any atom is 0.148 e. The van der Waals surface area contributed by atoms with Crippen molar-refractivity contribution in [3.63, 3.8) is 0 Å². The second-order valence-corrected chi connectivity index (χ2v) is 11.6. The van der Waals surface area contributed by atoms with Crippen molar-refractivity contribution < 1.29 is 26.2 Å². The maximum atomic E-state index is 10.9. The van der Waals surface area contributed by atoms with Gasteiger partial charge < -0.3 is 5.11 Å². The summed E-state index contributed by atoms with van der Waals surface area (Å²) >= 11 is 0. The number of imidazole rings is 1. The third-order valence-electron chi connectivity index (χ3n) is 7.80. The number of pyridine rings is 1. The number of aromatic nitrogens is 3. The van der Waals surface area contributed by atoms with Crippen LogP contribution in [0.5, 0.6) is 5.75 Å². The summed E-state index contributed by atoms with van der Waals surface area (Å²) in [5, 5.41) is 13.1. The van der Waals surface area contributed by atoms with Crippen molar-refractivity contribution in [1.29, 1.82) is 0 Å². The van der Waals surface area contributed by atoms with Gasteiger partial charge in [0.2, 0.25) is 0 Å². The Hall–Kier alpha value is -4.53. The molecule has 0 bridgehead atoms. The van der Waals surface area contributed by atoms with E-state index in [1.807, 2.05) is 48.7 Å². The van der Waals surface area contributed by atoms with Crippen LogP contribution < -0.4 is 0 Å². The summed E-state index contributed by atoms with van der Waals surface area (Å²) in [7, 11) is 0. The number of para-hydroxylation sites is 3. The van der Waals surface area contributed by atoms with E-state index in [0.29, 0.717) is 11.4 Å². The SMILES string of the molecule is CC(C)(C)c1cc(-c2nccc3ccccc23)[c-]c(-c2cccc3c2nc(-c2ccccc2O)n3-c2ccccc2)c1.[Pt]. The molecule has 0 aliphatic heterocycles. The maximum absolute atomic E-state index is 10.9. The Morgan fingerprint density at radius 2 is 1.42 bits per heavy atom. The van der Waals surface area contributed by atoms with Gasteiger partial charge in [0.25, 0.3) is 0 Å². The smallest absolute Gasteiger partial charge is 0.148 e. The molecule has 5 heteroatoms. The van der Waals surface area contributed by atoms with E-state index in [0.717, 1.165) is 49.9 Å². The average Bonchev–Trinajstić information content (AvgIpc) is 3.40. The Morgan fingerprint density at radius 1 is 0.721 bits per heavy atom. The summed E-state index contributed by atoms with van der Waals surface area (Å²) in [6.07, 6.45) is 1.87. The number of fused-ring (bicyclic) bond motifs is 2. The number of rotatable bonds is 4. The van der Waals surface area contributed by atoms with Crippen LogP contribution in [0.1, 0.15) is 26.3 Å². The van der Waals surface area contributed by atoms with Gasteiger partial charge in [0.1, 0.15) is 11.6 Å². The first-order chi connectivity index (χ1) is 20.4. The minimum Gasteiger partial charge on any atom is -0.507 e. The van der Waals surface area contributed by atoms with E-state index in [1.54, 1.807) is 6.07 Å². The summed E-state index contributed by atoms with van der Waals surface area (Å²) in [4.78, 5) is 10.0. The van der Waals surface area contributed by atoms with Gasteiger partial charge in [-0.15, -0.1) is 29.3 Å². The quantitative estimate of drug-likeness (QED) is 0.183. The van der Waals surface area contributed by atoms with Gasteiger partial charge in [-0.25, -0.2) is 4.98 Å². The molecule has 0 spiro atoms. The van der Waals surface area contributed by atoms with Crippen LogP contribution in [0.4, 0.5) is 0 Å². The van der Waals surface area contributed by atoms with E-state index < -0.39 is 0 Å². The summed E-state index contributed by atoms with van der Waals surface area (Å²) in [5.74, 6) is 0.877. The Labute approximate surface area is 266 Å². The molecule has 0 atom stereocenters. The molecule has 4 nitrogen and oxygen atoms in total. The zero-order chi connectivity index (χ0) is 28.8. The number of phenols is 1. The van der Waals surface area contributed by atoms with Crippen LogP contribution in [0.15, 0.2) is 121 Å². The average molecular weight is 740 g/mol. The van der Waals surface area contributed by atoms with Crippen molar-refractivity contribution in [3.8, 4) is 45.2 Å². The number of hydrogen-bond donors (Lipinski definition) is 1. The molecule has 214 valence electrons. The molecule has 0 aliphatic rings. The predicted octanol–water partition coefficient (Wildman–Crippen LogP) is 9.38. The fourth-order valence-electron chi connectivity index (χ4n) is 5.61. The van der Waals surface area contributed by atoms with E-state index in [-0.39, 0.29) is 32.2 Å². The molecule has 1 N–H and O–H groups in total. The molecule has 0 amide bonds. The van der Waals surface area contributed by atoms with Gasteiger partial charge in [-0.1, -0.05) is 98.6 Å². The van der Waals surface area contributed by atoms with Gasteiger partial charge in [0.15, 0.2) is 0 Å². The van der Waals surface area contributed by atoms with Crippen LogP contribution in [-0.4, -0.2) is 19.6 Å². The fourth-order valence-corrected chi connectivity index (χ4v) is 5.61. The first kappa shape index (κ1) is 28.6. The molecule has 2 aromatic heterocycles. The van der Waals surface area contributed by atoms with Crippen molar-refractivity contribution in [2.45, 2.75) is 26.2 Å². The van der Waals surface area contributed by atoms with Crippen molar-refractivity contribution in [1.82, 2.24) is 14.5 Å². The second kappa shape index (κ2) is 11.3. The number of benzene rings is 5. The Morgan fingerprint density at radius 3 is 2.21 bits per heavy atom. The number of nitrogens with zero attached hydrogens (tertiary/aromatic N) is 3. The fraction of sp³-hybridized carbons (Fsp3) is 0.105. The van der Waals surface area contributed by atoms with Gasteiger partial charge in [-0.2, -0.15) is 0 Å². The number of phenolic OH excluding ortho intramolecular Hbond substituents is 1. The van der Waals surface area contributed by atoms with E-state index >= 15 is 0 Å². The molecule has 7 aromatic rings. The minimum atomic E-state index is -0.0958. The van der Waals surface area contributed by atoms with E-state index in [4.69, 9.17) is 9.97 Å². The van der Waals surface area contributed by atoms with Crippen LogP contribution in [-0.2, 0) is 26.5 Å². The van der Waals surface area contributed by atoms with Crippen molar-refractivity contribution >= 4 is 21.8 Å². The molecule has 0 unspecified atom stereocenters. The van der Waals surface area contributed by atoms with Crippen LogP contribution in [0, 0.1) is 6.07 Å². The van der Waals surface area contributed by atoms with E-state index in [2.05, 4.69) is 98.1 Å². The molecule has 43 heavy (non-hydrogen) atoms. The summed E-state index contributed by atoms with van der Waals surface area (Å²) < 4.78 is 2.12. The number of aromatic hydroxyl groups is 1. The molecule has 7 rings (SSSR count). The molecule has 2 heterocycles. The monoisotopic (exact) mass is 739 g/mol. The molecular weight excluding hydrogens is 710 g/mol. The molecule has 0 fully saturated rings. The van der Waals surface area contributed by atoms with Gasteiger partial charge >= 0.3 is 0 Å². The molecular formula is C38H30N3OPt-. The molecule has 5 aromatic carbocycles. The van der Waals surface area contributed by atoms with Crippen molar-refractivity contribution in [2.24, 2.45) is 0 Å². The summed E-state index contributed by atoms with van der Waals surface area (Å²) in [6, 6.07) is 42.4. The van der Waals surface area contributed by atoms with Gasteiger partial charge in [-0.3, -0.25) is 9.55 Å². The second-order valence-electron chi connectivity index (χ2n) is 11.6. The largest absolute Gasteiger partial charge is 0.507 e. The Balaban J connectivity index is 0.00000329. The van der Waals surface area contributed by atoms with E-state index in [1.165, 1.54) is 5.56 Å². The molecule has 0 saturated heterocycles. The predicted molar refractivity (Wildman–Crippen MR) is 172 cm³/mol. The van der Waals surface area contributed by atoms with Crippen molar-refractivity contribution in [2.75, 3.05) is 0 Å². The Bertz CT molecular complexity index is 2090. The molecule has 0 radical (unpaired) electrons. The third-order valence-corrected chi connectivity index (χ3v) is 7.80. The van der Waals surface area contributed by atoms with Gasteiger partial charge in [0, 0.05) is 38.6 Å². The van der Waals surface area contributed by atoms with Gasteiger partial charge in [-0.05, 0) is 52.6 Å². The zero-order valence-corrected chi connectivity index (χ0v) is 26.4. The van der Waals surface area contributed by atoms with Crippen LogP contribution in [0.2, 0.25) is 0 Å². The van der Waals surface area contributed by atoms with Crippen LogP contribution in [0.25, 0.3) is 61.3 Å². The third kappa shape index (κ3) is 5.17. The standard InChI is InChI=1S/C38H30N3O.Pt/c1-38(2,3)28-23-26(22-27(24-28)35-30-15-8-7-12-25(30)20-21-39-35)31-17-11-18-33-36(31)40-37(32-16-9-10-19-34(32)42)41(33)29-13-5-4-6-14-29;/h4-21,23-24,42H,1-3H3;/q-1;.